The van der Waals surface area contributed by atoms with Crippen molar-refractivity contribution in [2.75, 3.05) is 19.6 Å². The molecule has 100 valence electrons. The maximum absolute atomic E-state index is 11.8. The second kappa shape index (κ2) is 7.59. The van der Waals surface area contributed by atoms with Gasteiger partial charge in [0.05, 0.1) is 0 Å². The smallest absolute Gasteiger partial charge is 0.323 e. The van der Waals surface area contributed by atoms with Gasteiger partial charge in [-0.1, -0.05) is 0 Å². The number of unbranched alkanes of at least 4 members (excludes halogenated alkanes) is 2. The molecule has 0 radical (unpaired) electrons. The average molecular weight is 252 g/mol. The van der Waals surface area contributed by atoms with E-state index in [4.69, 9.17) is 11.5 Å². The number of rotatable bonds is 8. The highest BCUT2D eigenvalue weighted by atomic mass is 16.4. The van der Waals surface area contributed by atoms with Crippen molar-refractivity contribution in [2.45, 2.75) is 32.1 Å². The van der Waals surface area contributed by atoms with Crippen molar-refractivity contribution in [3.8, 4) is 12.3 Å². The molecule has 18 heavy (non-hydrogen) atoms. The van der Waals surface area contributed by atoms with E-state index in [-0.39, 0.29) is 12.6 Å². The topological polar surface area (TPSA) is 69.6 Å². The first-order valence-corrected chi connectivity index (χ1v) is 6.31. The minimum atomic E-state index is -0.974. The zero-order chi connectivity index (χ0) is 13.4. The fraction of sp³-hybridized carbons (Fsp3) is 0.692. The molecule has 0 aromatic carbocycles. The van der Waals surface area contributed by atoms with Crippen molar-refractivity contribution in [3.05, 3.63) is 0 Å². The fourth-order valence-electron chi connectivity index (χ4n) is 1.65. The molecule has 0 atom stereocenters. The summed E-state index contributed by atoms with van der Waals surface area (Å²) in [5, 5.41) is 11.5. The van der Waals surface area contributed by atoms with E-state index in [1.165, 1.54) is 4.90 Å². The Hall–Kier alpha value is -1.70. The molecular formula is C13H20N2O3. The zero-order valence-corrected chi connectivity index (χ0v) is 10.5. The van der Waals surface area contributed by atoms with E-state index >= 15 is 0 Å². The van der Waals surface area contributed by atoms with Gasteiger partial charge < -0.3 is 15.3 Å². The van der Waals surface area contributed by atoms with Crippen LogP contribution < -0.4 is 5.32 Å². The van der Waals surface area contributed by atoms with Crippen LogP contribution in [0.25, 0.3) is 0 Å². The van der Waals surface area contributed by atoms with E-state index in [1.54, 1.807) is 0 Å². The molecule has 2 amide bonds. The van der Waals surface area contributed by atoms with Gasteiger partial charge in [0, 0.05) is 19.5 Å². The highest BCUT2D eigenvalue weighted by molar-refractivity contribution is 5.80. The number of carboxylic acids is 1. The number of nitrogens with one attached hydrogen (secondary N) is 1. The summed E-state index contributed by atoms with van der Waals surface area (Å²) in [4.78, 5) is 23.8. The van der Waals surface area contributed by atoms with Crippen LogP contribution in [0.2, 0.25) is 0 Å². The second-order valence-corrected chi connectivity index (χ2v) is 4.61. The van der Waals surface area contributed by atoms with Gasteiger partial charge in [-0.05, 0) is 31.6 Å². The Kier molecular flexibility index (Phi) is 6.06. The minimum absolute atomic E-state index is 0.229. The Morgan fingerprint density at radius 1 is 1.39 bits per heavy atom. The average Bonchev–Trinajstić information content (AvgIpc) is 3.11. The van der Waals surface area contributed by atoms with Gasteiger partial charge in [0.1, 0.15) is 6.54 Å². The third-order valence-corrected chi connectivity index (χ3v) is 2.81. The van der Waals surface area contributed by atoms with Crippen molar-refractivity contribution in [3.63, 3.8) is 0 Å². The van der Waals surface area contributed by atoms with Crippen LogP contribution in [0.1, 0.15) is 32.1 Å². The summed E-state index contributed by atoms with van der Waals surface area (Å²) in [5.41, 5.74) is 0. The molecule has 1 aliphatic rings. The molecule has 2 N–H and O–H groups in total. The maximum Gasteiger partial charge on any atom is 0.323 e. The van der Waals surface area contributed by atoms with Crippen LogP contribution in [0, 0.1) is 18.3 Å². The zero-order valence-electron chi connectivity index (χ0n) is 10.5. The van der Waals surface area contributed by atoms with E-state index in [2.05, 4.69) is 11.2 Å². The van der Waals surface area contributed by atoms with Gasteiger partial charge in [-0.25, -0.2) is 4.79 Å². The van der Waals surface area contributed by atoms with Crippen LogP contribution in [-0.4, -0.2) is 41.6 Å². The Morgan fingerprint density at radius 3 is 2.67 bits per heavy atom. The van der Waals surface area contributed by atoms with Gasteiger partial charge >= 0.3 is 12.0 Å². The quantitative estimate of drug-likeness (QED) is 0.505. The second-order valence-electron chi connectivity index (χ2n) is 4.61. The number of carbonyl (C=O) groups excluding carboxylic acids is 1. The molecular weight excluding hydrogens is 232 g/mol. The van der Waals surface area contributed by atoms with Crippen molar-refractivity contribution < 1.29 is 14.7 Å². The van der Waals surface area contributed by atoms with Crippen LogP contribution in [-0.2, 0) is 4.79 Å². The lowest BCUT2D eigenvalue weighted by Crippen LogP contribution is -2.44. The van der Waals surface area contributed by atoms with Crippen LogP contribution in [0.4, 0.5) is 4.79 Å². The number of nitrogens with zero attached hydrogens (tertiary/aromatic N) is 1. The monoisotopic (exact) mass is 252 g/mol. The predicted molar refractivity (Wildman–Crippen MR) is 68.0 cm³/mol. The van der Waals surface area contributed by atoms with Gasteiger partial charge in [-0.2, -0.15) is 0 Å². The largest absolute Gasteiger partial charge is 0.480 e. The maximum atomic E-state index is 11.8. The normalized spacial score (nSPS) is 13.7. The molecule has 1 aliphatic carbocycles. The number of urea groups is 1. The molecule has 5 nitrogen and oxygen atoms in total. The fourth-order valence-corrected chi connectivity index (χ4v) is 1.65. The molecule has 0 aromatic heterocycles. The molecule has 0 bridgehead atoms. The highest BCUT2D eigenvalue weighted by Crippen LogP contribution is 2.29. The van der Waals surface area contributed by atoms with Gasteiger partial charge in [-0.15, -0.1) is 12.3 Å². The van der Waals surface area contributed by atoms with E-state index in [0.717, 1.165) is 25.7 Å². The number of terminal acetylenes is 1. The lowest BCUT2D eigenvalue weighted by molar-refractivity contribution is -0.137. The minimum Gasteiger partial charge on any atom is -0.480 e. The molecule has 0 unspecified atom stereocenters. The van der Waals surface area contributed by atoms with Crippen LogP contribution >= 0.6 is 0 Å². The Bertz CT molecular complexity index is 332. The summed E-state index contributed by atoms with van der Waals surface area (Å²) in [6, 6.07) is -0.287. The molecule has 5 heteroatoms. The molecule has 0 aromatic rings. The summed E-state index contributed by atoms with van der Waals surface area (Å²) < 4.78 is 0. The highest BCUT2D eigenvalue weighted by Gasteiger charge is 2.27. The molecule has 1 saturated carbocycles. The molecule has 0 heterocycles. The molecule has 0 saturated heterocycles. The first-order chi connectivity index (χ1) is 8.63. The lowest BCUT2D eigenvalue weighted by atomic mass is 10.2. The van der Waals surface area contributed by atoms with Crippen LogP contribution in [0.5, 0.6) is 0 Å². The number of amides is 2. The summed E-state index contributed by atoms with van der Waals surface area (Å²) in [7, 11) is 0. The van der Waals surface area contributed by atoms with Crippen LogP contribution in [0.3, 0.4) is 0 Å². The van der Waals surface area contributed by atoms with Gasteiger partial charge in [0.15, 0.2) is 0 Å². The number of carboxylic acid groups (broad SMARTS) is 1. The number of carbonyl (C=O) groups is 2. The molecule has 0 spiro atoms. The Morgan fingerprint density at radius 2 is 2.11 bits per heavy atom. The molecule has 1 rings (SSSR count). The third kappa shape index (κ3) is 6.14. The standard InChI is InChI=1S/C13H20N2O3/c1-2-3-4-5-8-14-13(18)15(10-12(16)17)9-11-6-7-11/h1,11H,3-10H2,(H,14,18)(H,16,17). The van der Waals surface area contributed by atoms with Crippen molar-refractivity contribution in [1.29, 1.82) is 0 Å². The summed E-state index contributed by atoms with van der Waals surface area (Å²) in [6.45, 7) is 0.858. The Balaban J connectivity index is 2.24. The molecule has 1 fully saturated rings. The lowest BCUT2D eigenvalue weighted by Gasteiger charge is -2.20. The third-order valence-electron chi connectivity index (χ3n) is 2.81. The molecule has 0 aliphatic heterocycles. The number of hydrogen-bond acceptors (Lipinski definition) is 2. The predicted octanol–water partition coefficient (Wildman–Crippen LogP) is 1.30. The number of hydrogen-bond donors (Lipinski definition) is 2. The van der Waals surface area contributed by atoms with E-state index in [0.29, 0.717) is 25.4 Å². The van der Waals surface area contributed by atoms with Gasteiger partial charge in [0.25, 0.3) is 0 Å². The van der Waals surface area contributed by atoms with Gasteiger partial charge in [-0.3, -0.25) is 4.79 Å². The van der Waals surface area contributed by atoms with Crippen molar-refractivity contribution in [1.82, 2.24) is 10.2 Å². The van der Waals surface area contributed by atoms with E-state index in [9.17, 15) is 9.59 Å². The SMILES string of the molecule is C#CCCCCNC(=O)N(CC(=O)O)CC1CC1. The number of aliphatic carboxylic acids is 1. The van der Waals surface area contributed by atoms with Crippen molar-refractivity contribution >= 4 is 12.0 Å². The first kappa shape index (κ1) is 14.4. The summed E-state index contributed by atoms with van der Waals surface area (Å²) in [5.74, 6) is 2.05. The van der Waals surface area contributed by atoms with Crippen LogP contribution in [0.15, 0.2) is 0 Å². The summed E-state index contributed by atoms with van der Waals surface area (Å²) >= 11 is 0. The van der Waals surface area contributed by atoms with E-state index < -0.39 is 5.97 Å². The summed E-state index contributed by atoms with van der Waals surface area (Å²) in [6.07, 6.45) is 9.70. The van der Waals surface area contributed by atoms with Crippen molar-refractivity contribution in [2.24, 2.45) is 5.92 Å². The van der Waals surface area contributed by atoms with Gasteiger partial charge in [0.2, 0.25) is 0 Å². The first-order valence-electron chi connectivity index (χ1n) is 6.31. The Labute approximate surface area is 108 Å². The van der Waals surface area contributed by atoms with E-state index in [1.807, 2.05) is 0 Å².